The smallest absolute Gasteiger partial charge is 0.348 e. The van der Waals surface area contributed by atoms with Gasteiger partial charge in [0, 0.05) is 11.6 Å². The Bertz CT molecular complexity index is 596. The highest BCUT2D eigenvalue weighted by molar-refractivity contribution is 7.61. The minimum atomic E-state index is -3.41. The SMILES string of the molecule is CCOP(=O)(OCC)c1cc(-c2ccc(C)cc2)no1. The van der Waals surface area contributed by atoms with E-state index in [1.807, 2.05) is 31.2 Å². The van der Waals surface area contributed by atoms with Gasteiger partial charge >= 0.3 is 7.60 Å². The van der Waals surface area contributed by atoms with Gasteiger partial charge in [-0.05, 0) is 20.8 Å². The monoisotopic (exact) mass is 295 g/mol. The Morgan fingerprint density at radius 1 is 1.15 bits per heavy atom. The normalized spacial score (nSPS) is 11.8. The quantitative estimate of drug-likeness (QED) is 0.763. The van der Waals surface area contributed by atoms with Crippen LogP contribution in [0.1, 0.15) is 19.4 Å². The number of hydrogen-bond donors (Lipinski definition) is 0. The first-order valence-corrected chi connectivity index (χ1v) is 8.06. The molecule has 0 aliphatic carbocycles. The van der Waals surface area contributed by atoms with Crippen LogP contribution < -0.4 is 5.50 Å². The van der Waals surface area contributed by atoms with Crippen molar-refractivity contribution in [2.45, 2.75) is 20.8 Å². The molecular weight excluding hydrogens is 277 g/mol. The van der Waals surface area contributed by atoms with Gasteiger partial charge in [-0.1, -0.05) is 35.0 Å². The Balaban J connectivity index is 2.31. The molecule has 108 valence electrons. The average Bonchev–Trinajstić information content (AvgIpc) is 2.90. The molecule has 0 N–H and O–H groups in total. The van der Waals surface area contributed by atoms with E-state index in [2.05, 4.69) is 5.16 Å². The van der Waals surface area contributed by atoms with Crippen LogP contribution in [0.2, 0.25) is 0 Å². The third-order valence-electron chi connectivity index (χ3n) is 2.71. The predicted octanol–water partition coefficient (Wildman–Crippen LogP) is 3.54. The van der Waals surface area contributed by atoms with Gasteiger partial charge in [0.15, 0.2) is 0 Å². The lowest BCUT2D eigenvalue weighted by Crippen LogP contribution is -2.08. The molecule has 20 heavy (non-hydrogen) atoms. The highest BCUT2D eigenvalue weighted by Gasteiger charge is 2.32. The van der Waals surface area contributed by atoms with Crippen molar-refractivity contribution in [1.29, 1.82) is 0 Å². The van der Waals surface area contributed by atoms with Crippen LogP contribution in [0.3, 0.4) is 0 Å². The van der Waals surface area contributed by atoms with Crippen LogP contribution >= 0.6 is 7.60 Å². The summed E-state index contributed by atoms with van der Waals surface area (Å²) in [5.74, 6) is 0. The maximum absolute atomic E-state index is 12.5. The molecule has 0 unspecified atom stereocenters. The maximum atomic E-state index is 12.5. The van der Waals surface area contributed by atoms with Crippen molar-refractivity contribution < 1.29 is 18.1 Å². The van der Waals surface area contributed by atoms with E-state index in [-0.39, 0.29) is 18.7 Å². The summed E-state index contributed by atoms with van der Waals surface area (Å²) in [4.78, 5) is 0. The van der Waals surface area contributed by atoms with Gasteiger partial charge in [-0.2, -0.15) is 0 Å². The van der Waals surface area contributed by atoms with E-state index in [0.29, 0.717) is 5.69 Å². The minimum absolute atomic E-state index is 0.136. The summed E-state index contributed by atoms with van der Waals surface area (Å²) >= 11 is 0. The van der Waals surface area contributed by atoms with Crippen molar-refractivity contribution in [3.8, 4) is 11.3 Å². The molecule has 2 rings (SSSR count). The molecule has 0 atom stereocenters. The Morgan fingerprint density at radius 3 is 2.30 bits per heavy atom. The maximum Gasteiger partial charge on any atom is 0.399 e. The van der Waals surface area contributed by atoms with Gasteiger partial charge in [0.25, 0.3) is 0 Å². The fourth-order valence-electron chi connectivity index (χ4n) is 1.76. The average molecular weight is 295 g/mol. The van der Waals surface area contributed by atoms with Crippen LogP contribution in [-0.2, 0) is 13.6 Å². The first-order chi connectivity index (χ1) is 9.59. The zero-order valence-corrected chi connectivity index (χ0v) is 12.7. The van der Waals surface area contributed by atoms with E-state index in [1.54, 1.807) is 19.9 Å². The van der Waals surface area contributed by atoms with Crippen molar-refractivity contribution in [2.24, 2.45) is 0 Å². The molecule has 0 aliphatic rings. The van der Waals surface area contributed by atoms with E-state index in [4.69, 9.17) is 13.6 Å². The number of hydrogen-bond acceptors (Lipinski definition) is 5. The third kappa shape index (κ3) is 3.18. The Kier molecular flexibility index (Phi) is 4.76. The molecule has 0 radical (unpaired) electrons. The second kappa shape index (κ2) is 6.35. The molecule has 1 heterocycles. The molecule has 5 nitrogen and oxygen atoms in total. The van der Waals surface area contributed by atoms with E-state index in [0.717, 1.165) is 11.1 Å². The summed E-state index contributed by atoms with van der Waals surface area (Å²) in [6.07, 6.45) is 0. The van der Waals surface area contributed by atoms with Gasteiger partial charge in [-0.15, -0.1) is 0 Å². The predicted molar refractivity (Wildman–Crippen MR) is 77.2 cm³/mol. The van der Waals surface area contributed by atoms with Crippen LogP contribution in [0.25, 0.3) is 11.3 Å². The largest absolute Gasteiger partial charge is 0.399 e. The van der Waals surface area contributed by atoms with E-state index >= 15 is 0 Å². The first kappa shape index (κ1) is 15.0. The Labute approximate surface area is 118 Å². The van der Waals surface area contributed by atoms with Crippen molar-refractivity contribution in [1.82, 2.24) is 5.16 Å². The molecule has 0 spiro atoms. The molecule has 2 aromatic rings. The van der Waals surface area contributed by atoms with Gasteiger partial charge in [-0.3, -0.25) is 4.57 Å². The fourth-order valence-corrected chi connectivity index (χ4v) is 3.19. The van der Waals surface area contributed by atoms with Crippen molar-refractivity contribution in [3.05, 3.63) is 35.9 Å². The van der Waals surface area contributed by atoms with Gasteiger partial charge in [0.2, 0.25) is 5.50 Å². The van der Waals surface area contributed by atoms with E-state index < -0.39 is 7.60 Å². The van der Waals surface area contributed by atoms with E-state index in [9.17, 15) is 4.57 Å². The van der Waals surface area contributed by atoms with Crippen LogP contribution in [0.5, 0.6) is 0 Å². The van der Waals surface area contributed by atoms with Gasteiger partial charge in [0.05, 0.1) is 13.2 Å². The highest BCUT2D eigenvalue weighted by atomic mass is 31.2. The number of aryl methyl sites for hydroxylation is 1. The molecular formula is C14H18NO4P. The second-order valence-electron chi connectivity index (χ2n) is 4.25. The lowest BCUT2D eigenvalue weighted by Gasteiger charge is -2.12. The molecule has 0 aliphatic heterocycles. The van der Waals surface area contributed by atoms with E-state index in [1.165, 1.54) is 0 Å². The summed E-state index contributed by atoms with van der Waals surface area (Å²) in [5.41, 5.74) is 2.80. The van der Waals surface area contributed by atoms with Crippen molar-refractivity contribution in [2.75, 3.05) is 13.2 Å². The van der Waals surface area contributed by atoms with Gasteiger partial charge in [-0.25, -0.2) is 0 Å². The second-order valence-corrected chi connectivity index (χ2v) is 6.20. The Morgan fingerprint density at radius 2 is 1.75 bits per heavy atom. The molecule has 0 amide bonds. The van der Waals surface area contributed by atoms with Gasteiger partial charge < -0.3 is 13.6 Å². The summed E-state index contributed by atoms with van der Waals surface area (Å²) in [6, 6.07) is 9.44. The van der Waals surface area contributed by atoms with Crippen LogP contribution in [0, 0.1) is 6.92 Å². The number of benzene rings is 1. The number of nitrogens with zero attached hydrogens (tertiary/aromatic N) is 1. The lowest BCUT2D eigenvalue weighted by atomic mass is 10.1. The third-order valence-corrected chi connectivity index (χ3v) is 4.66. The molecule has 6 heteroatoms. The zero-order chi connectivity index (χ0) is 14.6. The highest BCUT2D eigenvalue weighted by Crippen LogP contribution is 2.47. The van der Waals surface area contributed by atoms with Crippen LogP contribution in [-0.4, -0.2) is 18.4 Å². The van der Waals surface area contributed by atoms with Crippen molar-refractivity contribution >= 4 is 13.1 Å². The summed E-state index contributed by atoms with van der Waals surface area (Å²) in [6.45, 7) is 6.07. The fraction of sp³-hybridized carbons (Fsp3) is 0.357. The summed E-state index contributed by atoms with van der Waals surface area (Å²) in [5, 5.41) is 3.94. The minimum Gasteiger partial charge on any atom is -0.348 e. The van der Waals surface area contributed by atoms with Crippen LogP contribution in [0.4, 0.5) is 0 Å². The van der Waals surface area contributed by atoms with Crippen LogP contribution in [0.15, 0.2) is 34.9 Å². The first-order valence-electron chi connectivity index (χ1n) is 6.52. The van der Waals surface area contributed by atoms with Crippen molar-refractivity contribution in [3.63, 3.8) is 0 Å². The number of rotatable bonds is 6. The molecule has 0 fully saturated rings. The molecule has 0 saturated heterocycles. The summed E-state index contributed by atoms with van der Waals surface area (Å²) in [7, 11) is -3.41. The molecule has 1 aromatic carbocycles. The van der Waals surface area contributed by atoms with Gasteiger partial charge in [0.1, 0.15) is 5.69 Å². The summed E-state index contributed by atoms with van der Waals surface area (Å²) < 4.78 is 28.1. The molecule has 1 aromatic heterocycles. The zero-order valence-electron chi connectivity index (χ0n) is 11.8. The standard InChI is InChI=1S/C14H18NO4P/c1-4-17-20(16,18-5-2)14-10-13(15-19-14)12-8-6-11(3)7-9-12/h6-10H,4-5H2,1-3H3. The molecule has 0 saturated carbocycles. The lowest BCUT2D eigenvalue weighted by molar-refractivity contribution is 0.223. The number of aromatic nitrogens is 1. The Hall–Kier alpha value is -1.42. The topological polar surface area (TPSA) is 61.6 Å². The molecule has 0 bridgehead atoms.